The largest absolute Gasteiger partial charge is 0.478 e. The number of benzene rings is 1. The summed E-state index contributed by atoms with van der Waals surface area (Å²) in [4.78, 5) is 21.6. The summed E-state index contributed by atoms with van der Waals surface area (Å²) < 4.78 is 5.85. The zero-order chi connectivity index (χ0) is 15.5. The Bertz CT molecular complexity index is 575. The molecule has 0 atom stereocenters. The van der Waals surface area contributed by atoms with E-state index in [9.17, 15) is 14.9 Å². The summed E-state index contributed by atoms with van der Waals surface area (Å²) in [5.74, 6) is -1.16. The Morgan fingerprint density at radius 2 is 2.05 bits per heavy atom. The molecule has 0 spiro atoms. The van der Waals surface area contributed by atoms with Gasteiger partial charge in [-0.1, -0.05) is 13.0 Å². The molecule has 1 fully saturated rings. The van der Waals surface area contributed by atoms with E-state index in [1.54, 1.807) is 6.08 Å². The number of ether oxygens (including phenoxy) is 1. The zero-order valence-electron chi connectivity index (χ0n) is 11.6. The maximum Gasteiger partial charge on any atom is 0.335 e. The minimum atomic E-state index is -1.15. The van der Waals surface area contributed by atoms with Crippen LogP contribution in [0.5, 0.6) is 5.75 Å². The van der Waals surface area contributed by atoms with Gasteiger partial charge in [-0.2, -0.15) is 0 Å². The van der Waals surface area contributed by atoms with Gasteiger partial charge >= 0.3 is 11.7 Å². The lowest BCUT2D eigenvalue weighted by Gasteiger charge is -2.34. The maximum absolute atomic E-state index is 11.1. The highest BCUT2D eigenvalue weighted by atomic mass is 16.6. The number of nitrogens with zero attached hydrogens (tertiary/aromatic N) is 1. The maximum atomic E-state index is 11.1. The molecule has 21 heavy (non-hydrogen) atoms. The van der Waals surface area contributed by atoms with Crippen LogP contribution in [0, 0.1) is 10.1 Å². The number of hydrogen-bond donors (Lipinski definition) is 1. The first kappa shape index (κ1) is 15.0. The molecule has 1 N–H and O–H groups in total. The molecule has 0 saturated heterocycles. The molecule has 0 unspecified atom stereocenters. The number of nitro benzene ring substituents is 1. The van der Waals surface area contributed by atoms with Gasteiger partial charge in [-0.3, -0.25) is 10.1 Å². The minimum Gasteiger partial charge on any atom is -0.478 e. The third kappa shape index (κ3) is 3.21. The number of rotatable bonds is 5. The van der Waals surface area contributed by atoms with Crippen molar-refractivity contribution in [1.29, 1.82) is 0 Å². The molecule has 1 aromatic carbocycles. The second-order valence-corrected chi connectivity index (χ2v) is 5.18. The lowest BCUT2D eigenvalue weighted by molar-refractivity contribution is -0.386. The standard InChI is InChI=1S/C15H17NO5/c1-2-15(8-4-3-5-9-15)21-13-10-11(14(17)18)6-7-12(13)16(19)20/h2,6-7,10H,1,3-5,8-9H2,(H,17,18). The number of carbonyl (C=O) groups is 1. The van der Waals surface area contributed by atoms with Crippen LogP contribution in [0.4, 0.5) is 5.69 Å². The van der Waals surface area contributed by atoms with Crippen molar-refractivity contribution in [3.8, 4) is 5.75 Å². The average molecular weight is 291 g/mol. The van der Waals surface area contributed by atoms with Gasteiger partial charge in [-0.05, 0) is 37.8 Å². The van der Waals surface area contributed by atoms with Crippen molar-refractivity contribution in [2.75, 3.05) is 0 Å². The van der Waals surface area contributed by atoms with Crippen LogP contribution in [0.1, 0.15) is 42.5 Å². The molecule has 0 amide bonds. The molecule has 0 aliphatic heterocycles. The lowest BCUT2D eigenvalue weighted by Crippen LogP contribution is -2.36. The fraction of sp³-hybridized carbons (Fsp3) is 0.400. The molecule has 1 aliphatic carbocycles. The van der Waals surface area contributed by atoms with E-state index in [0.717, 1.165) is 32.1 Å². The number of hydrogen-bond acceptors (Lipinski definition) is 4. The summed E-state index contributed by atoms with van der Waals surface area (Å²) in [6.45, 7) is 3.77. The van der Waals surface area contributed by atoms with Crippen LogP contribution in [0.15, 0.2) is 30.9 Å². The molecule has 0 aromatic heterocycles. The Hall–Kier alpha value is -2.37. The van der Waals surface area contributed by atoms with Gasteiger partial charge in [0.25, 0.3) is 0 Å². The van der Waals surface area contributed by atoms with Gasteiger partial charge in [0.2, 0.25) is 0 Å². The van der Waals surface area contributed by atoms with Crippen LogP contribution in [-0.4, -0.2) is 21.6 Å². The monoisotopic (exact) mass is 291 g/mol. The molecule has 6 heteroatoms. The van der Waals surface area contributed by atoms with Crippen molar-refractivity contribution >= 4 is 11.7 Å². The fourth-order valence-electron chi connectivity index (χ4n) is 2.60. The third-order valence-electron chi connectivity index (χ3n) is 3.79. The Balaban J connectivity index is 2.40. The summed E-state index contributed by atoms with van der Waals surface area (Å²) in [7, 11) is 0. The van der Waals surface area contributed by atoms with E-state index in [2.05, 4.69) is 6.58 Å². The predicted octanol–water partition coefficient (Wildman–Crippen LogP) is 3.56. The van der Waals surface area contributed by atoms with Crippen LogP contribution in [0.25, 0.3) is 0 Å². The lowest BCUT2D eigenvalue weighted by atomic mass is 9.84. The second-order valence-electron chi connectivity index (χ2n) is 5.18. The summed E-state index contributed by atoms with van der Waals surface area (Å²) in [5, 5.41) is 20.1. The van der Waals surface area contributed by atoms with Gasteiger partial charge in [0.15, 0.2) is 5.75 Å². The Labute approximate surface area is 122 Å². The molecule has 1 saturated carbocycles. The van der Waals surface area contributed by atoms with E-state index in [4.69, 9.17) is 9.84 Å². The van der Waals surface area contributed by atoms with E-state index >= 15 is 0 Å². The first-order valence-electron chi connectivity index (χ1n) is 6.82. The SMILES string of the molecule is C=CC1(Oc2cc(C(=O)O)ccc2[N+](=O)[O-])CCCCC1. The smallest absolute Gasteiger partial charge is 0.335 e. The highest BCUT2D eigenvalue weighted by Crippen LogP contribution is 2.38. The van der Waals surface area contributed by atoms with Gasteiger partial charge in [-0.25, -0.2) is 4.79 Å². The Kier molecular flexibility index (Phi) is 4.26. The molecule has 0 bridgehead atoms. The number of nitro groups is 1. The normalized spacial score (nSPS) is 17.0. The van der Waals surface area contributed by atoms with Crippen LogP contribution in [-0.2, 0) is 0 Å². The van der Waals surface area contributed by atoms with Crippen LogP contribution >= 0.6 is 0 Å². The Morgan fingerprint density at radius 3 is 2.57 bits per heavy atom. The number of carboxylic acids is 1. The number of aromatic carboxylic acids is 1. The summed E-state index contributed by atoms with van der Waals surface area (Å²) in [5.41, 5.74) is -0.919. The van der Waals surface area contributed by atoms with Crippen molar-refractivity contribution in [3.05, 3.63) is 46.5 Å². The van der Waals surface area contributed by atoms with Gasteiger partial charge in [0.05, 0.1) is 10.5 Å². The molecule has 1 aromatic rings. The predicted molar refractivity (Wildman–Crippen MR) is 76.7 cm³/mol. The molecule has 0 radical (unpaired) electrons. The average Bonchev–Trinajstić information content (AvgIpc) is 2.47. The van der Waals surface area contributed by atoms with Crippen LogP contribution in [0.2, 0.25) is 0 Å². The van der Waals surface area contributed by atoms with E-state index < -0.39 is 16.5 Å². The molecular weight excluding hydrogens is 274 g/mol. The second kappa shape index (κ2) is 5.95. The topological polar surface area (TPSA) is 89.7 Å². The molecule has 6 nitrogen and oxygen atoms in total. The molecule has 2 rings (SSSR count). The van der Waals surface area contributed by atoms with Crippen molar-refractivity contribution in [2.45, 2.75) is 37.7 Å². The first-order valence-corrected chi connectivity index (χ1v) is 6.82. The van der Waals surface area contributed by atoms with E-state index in [1.807, 2.05) is 0 Å². The molecule has 0 heterocycles. The first-order chi connectivity index (χ1) is 9.97. The Morgan fingerprint density at radius 1 is 1.38 bits per heavy atom. The zero-order valence-corrected chi connectivity index (χ0v) is 11.6. The molecule has 1 aliphatic rings. The minimum absolute atomic E-state index is 0.0123. The van der Waals surface area contributed by atoms with E-state index in [0.29, 0.717) is 0 Å². The van der Waals surface area contributed by atoms with Crippen LogP contribution < -0.4 is 4.74 Å². The molecule has 112 valence electrons. The van der Waals surface area contributed by atoms with Gasteiger partial charge in [0.1, 0.15) is 5.60 Å². The highest BCUT2D eigenvalue weighted by molar-refractivity contribution is 5.88. The van der Waals surface area contributed by atoms with Crippen molar-refractivity contribution < 1.29 is 19.6 Å². The van der Waals surface area contributed by atoms with Crippen molar-refractivity contribution in [1.82, 2.24) is 0 Å². The van der Waals surface area contributed by atoms with Gasteiger partial charge < -0.3 is 9.84 Å². The van der Waals surface area contributed by atoms with E-state index in [-0.39, 0.29) is 17.0 Å². The highest BCUT2D eigenvalue weighted by Gasteiger charge is 2.33. The van der Waals surface area contributed by atoms with Crippen LogP contribution in [0.3, 0.4) is 0 Å². The molecular formula is C15H17NO5. The van der Waals surface area contributed by atoms with Crippen molar-refractivity contribution in [2.24, 2.45) is 0 Å². The fourth-order valence-corrected chi connectivity index (χ4v) is 2.60. The third-order valence-corrected chi connectivity index (χ3v) is 3.79. The summed E-state index contributed by atoms with van der Waals surface area (Å²) in [6.07, 6.45) is 6.13. The summed E-state index contributed by atoms with van der Waals surface area (Å²) >= 11 is 0. The summed E-state index contributed by atoms with van der Waals surface area (Å²) in [6, 6.07) is 3.58. The van der Waals surface area contributed by atoms with E-state index in [1.165, 1.54) is 18.2 Å². The van der Waals surface area contributed by atoms with Gasteiger partial charge in [-0.15, -0.1) is 0 Å². The number of carboxylic acid groups (broad SMARTS) is 1. The quantitative estimate of drug-likeness (QED) is 0.509. The van der Waals surface area contributed by atoms with Gasteiger partial charge in [0, 0.05) is 12.1 Å². The van der Waals surface area contributed by atoms with Crippen molar-refractivity contribution in [3.63, 3.8) is 0 Å².